The summed E-state index contributed by atoms with van der Waals surface area (Å²) in [5.41, 5.74) is 2.91. The molecule has 0 saturated carbocycles. The molecule has 0 aliphatic carbocycles. The lowest BCUT2D eigenvalue weighted by Gasteiger charge is -2.24. The maximum Gasteiger partial charge on any atom is 0.410 e. The zero-order valence-corrected chi connectivity index (χ0v) is 19.5. The zero-order valence-electron chi connectivity index (χ0n) is 18.7. The second kappa shape index (κ2) is 8.89. The number of primary amides is 1. The van der Waals surface area contributed by atoms with Gasteiger partial charge in [0.2, 0.25) is 11.0 Å². The number of amides is 2. The average Bonchev–Trinajstić information content (AvgIpc) is 3.34. The Balaban J connectivity index is 2.14. The number of ether oxygens (including phenoxy) is 1. The van der Waals surface area contributed by atoms with Gasteiger partial charge in [0.25, 0.3) is 5.91 Å². The highest BCUT2D eigenvalue weighted by Crippen LogP contribution is 2.33. The number of rotatable bonds is 6. The number of hydrogen-bond acceptors (Lipinski definition) is 7. The fourth-order valence-electron chi connectivity index (χ4n) is 2.96. The summed E-state index contributed by atoms with van der Waals surface area (Å²) < 4.78 is 67.2. The summed E-state index contributed by atoms with van der Waals surface area (Å²) in [5.74, 6) is -3.68. The van der Waals surface area contributed by atoms with E-state index >= 15 is 4.39 Å². The summed E-state index contributed by atoms with van der Waals surface area (Å²) in [6.07, 6.45) is 1.22. The normalized spacial score (nSPS) is 11.9. The number of pyridine rings is 1. The Morgan fingerprint density at radius 2 is 1.91 bits per heavy atom. The third-order valence-electron chi connectivity index (χ3n) is 4.45. The van der Waals surface area contributed by atoms with Crippen LogP contribution in [0.15, 0.2) is 46.2 Å². The molecular formula is C21H22F2N4O6S. The van der Waals surface area contributed by atoms with Crippen LogP contribution in [-0.2, 0) is 21.3 Å². The van der Waals surface area contributed by atoms with Crippen LogP contribution in [0.3, 0.4) is 0 Å². The lowest BCUT2D eigenvalue weighted by molar-refractivity contribution is 0.0284. The fourth-order valence-corrected chi connectivity index (χ4v) is 4.27. The molecule has 0 bridgehead atoms. The number of carbonyl (C=O) groups is 2. The fraction of sp³-hybridized carbons (Fsp3) is 0.286. The Labute approximate surface area is 194 Å². The number of halogens is 2. The van der Waals surface area contributed by atoms with Gasteiger partial charge in [-0.2, -0.15) is 12.8 Å². The molecule has 0 fully saturated rings. The molecule has 0 atom stereocenters. The molecule has 0 unspecified atom stereocenters. The van der Waals surface area contributed by atoms with Crippen LogP contribution in [0.25, 0.3) is 11.3 Å². The first-order valence-corrected chi connectivity index (χ1v) is 11.3. The molecule has 34 heavy (non-hydrogen) atoms. The quantitative estimate of drug-likeness (QED) is 0.518. The van der Waals surface area contributed by atoms with Crippen LogP contribution in [0.1, 0.15) is 36.9 Å². The molecule has 0 radical (unpaired) electrons. The molecule has 182 valence electrons. The number of nitrogens with two attached hydrogens (primary N) is 1. The third kappa shape index (κ3) is 4.93. The maximum absolute atomic E-state index is 15.5. The number of aromatic nitrogens is 2. The second-order valence-electron chi connectivity index (χ2n) is 8.28. The first kappa shape index (κ1) is 24.9. The lowest BCUT2D eigenvalue weighted by atomic mass is 10.1. The predicted molar refractivity (Wildman–Crippen MR) is 115 cm³/mol. The van der Waals surface area contributed by atoms with E-state index in [4.69, 9.17) is 14.9 Å². The van der Waals surface area contributed by atoms with Gasteiger partial charge >= 0.3 is 16.1 Å². The van der Waals surface area contributed by atoms with Crippen molar-refractivity contribution in [2.24, 2.45) is 5.73 Å². The van der Waals surface area contributed by atoms with E-state index in [1.54, 1.807) is 20.8 Å². The van der Waals surface area contributed by atoms with E-state index in [1.807, 2.05) is 0 Å². The maximum atomic E-state index is 15.5. The highest BCUT2D eigenvalue weighted by molar-refractivity contribution is 7.89. The molecule has 13 heteroatoms. The van der Waals surface area contributed by atoms with Gasteiger partial charge in [0, 0.05) is 25.0 Å². The standard InChI is InChI=1S/C21H22F2N4O6S/c1-21(2,3)33-20(29)26(4)10-12-11-27(17(16(12)22)13-6-5-9-25-18(13)23)34(30,31)15-8-7-14(32-15)19(24)28/h5-9,11H,10H2,1-4H3,(H2,24,28). The topological polar surface area (TPSA) is 138 Å². The van der Waals surface area contributed by atoms with E-state index in [2.05, 4.69) is 4.98 Å². The van der Waals surface area contributed by atoms with Crippen LogP contribution < -0.4 is 5.73 Å². The van der Waals surface area contributed by atoms with Crippen LogP contribution >= 0.6 is 0 Å². The third-order valence-corrected chi connectivity index (χ3v) is 5.98. The second-order valence-corrected chi connectivity index (χ2v) is 10.0. The minimum Gasteiger partial charge on any atom is -0.444 e. The molecule has 0 aliphatic heterocycles. The van der Waals surface area contributed by atoms with Gasteiger partial charge in [0.15, 0.2) is 11.6 Å². The molecule has 3 heterocycles. The Morgan fingerprint density at radius 1 is 1.24 bits per heavy atom. The van der Waals surface area contributed by atoms with Gasteiger partial charge in [-0.1, -0.05) is 0 Å². The van der Waals surface area contributed by atoms with Crippen molar-refractivity contribution in [1.82, 2.24) is 13.9 Å². The van der Waals surface area contributed by atoms with E-state index in [9.17, 15) is 22.4 Å². The zero-order chi connectivity index (χ0) is 25.4. The van der Waals surface area contributed by atoms with Crippen LogP contribution in [0.4, 0.5) is 13.6 Å². The Hall–Kier alpha value is -3.74. The first-order chi connectivity index (χ1) is 15.7. The summed E-state index contributed by atoms with van der Waals surface area (Å²) in [7, 11) is -3.33. The van der Waals surface area contributed by atoms with Crippen LogP contribution in [0, 0.1) is 11.8 Å². The molecule has 0 spiro atoms. The van der Waals surface area contributed by atoms with Crippen LogP contribution in [-0.4, -0.2) is 46.9 Å². The Bertz CT molecular complexity index is 1360. The van der Waals surface area contributed by atoms with Crippen molar-refractivity contribution in [2.45, 2.75) is 38.0 Å². The van der Waals surface area contributed by atoms with E-state index in [1.165, 1.54) is 13.1 Å². The van der Waals surface area contributed by atoms with E-state index < -0.39 is 68.0 Å². The van der Waals surface area contributed by atoms with Crippen molar-refractivity contribution in [1.29, 1.82) is 0 Å². The van der Waals surface area contributed by atoms with Crippen LogP contribution in [0.5, 0.6) is 0 Å². The van der Waals surface area contributed by atoms with Gasteiger partial charge in [-0.3, -0.25) is 4.79 Å². The molecule has 2 amide bonds. The van der Waals surface area contributed by atoms with E-state index in [-0.39, 0.29) is 5.56 Å². The van der Waals surface area contributed by atoms with Crippen molar-refractivity contribution >= 4 is 22.0 Å². The monoisotopic (exact) mass is 496 g/mol. The van der Waals surface area contributed by atoms with Crippen molar-refractivity contribution < 1.29 is 35.9 Å². The molecule has 2 N–H and O–H groups in total. The van der Waals surface area contributed by atoms with Crippen molar-refractivity contribution in [2.75, 3.05) is 7.05 Å². The van der Waals surface area contributed by atoms with E-state index in [0.29, 0.717) is 3.97 Å². The largest absolute Gasteiger partial charge is 0.444 e. The Morgan fingerprint density at radius 3 is 2.47 bits per heavy atom. The van der Waals surface area contributed by atoms with Gasteiger partial charge in [0.05, 0.1) is 12.1 Å². The lowest BCUT2D eigenvalue weighted by Crippen LogP contribution is -2.33. The molecule has 0 aromatic carbocycles. The molecule has 3 aromatic rings. The number of hydrogen-bond donors (Lipinski definition) is 1. The number of furan rings is 1. The summed E-state index contributed by atoms with van der Waals surface area (Å²) in [6, 6.07) is 4.44. The van der Waals surface area contributed by atoms with Crippen molar-refractivity contribution in [3.05, 3.63) is 59.7 Å². The molecule has 10 nitrogen and oxygen atoms in total. The SMILES string of the molecule is CN(Cc1cn(S(=O)(=O)c2ccc(C(N)=O)o2)c(-c2cccnc2F)c1F)C(=O)OC(C)(C)C. The minimum atomic E-state index is -4.66. The van der Waals surface area contributed by atoms with Crippen molar-refractivity contribution in [3.8, 4) is 11.3 Å². The van der Waals surface area contributed by atoms with Gasteiger partial charge in [-0.25, -0.2) is 18.1 Å². The summed E-state index contributed by atoms with van der Waals surface area (Å²) in [6.45, 7) is 4.54. The highest BCUT2D eigenvalue weighted by Gasteiger charge is 2.32. The average molecular weight is 496 g/mol. The molecule has 3 aromatic heterocycles. The first-order valence-electron chi connectivity index (χ1n) is 9.82. The Kier molecular flexibility index (Phi) is 6.51. The van der Waals surface area contributed by atoms with Crippen LogP contribution in [0.2, 0.25) is 0 Å². The molecule has 3 rings (SSSR count). The van der Waals surface area contributed by atoms with Gasteiger partial charge < -0.3 is 19.8 Å². The van der Waals surface area contributed by atoms with Gasteiger partial charge in [0.1, 0.15) is 11.3 Å². The molecular weight excluding hydrogens is 474 g/mol. The van der Waals surface area contributed by atoms with Gasteiger partial charge in [-0.15, -0.1) is 0 Å². The summed E-state index contributed by atoms with van der Waals surface area (Å²) in [4.78, 5) is 28.1. The van der Waals surface area contributed by atoms with Crippen molar-refractivity contribution in [3.63, 3.8) is 0 Å². The number of carbonyl (C=O) groups excluding carboxylic acids is 2. The number of nitrogens with zero attached hydrogens (tertiary/aromatic N) is 3. The summed E-state index contributed by atoms with van der Waals surface area (Å²) >= 11 is 0. The minimum absolute atomic E-state index is 0.253. The highest BCUT2D eigenvalue weighted by atomic mass is 32.2. The smallest absolute Gasteiger partial charge is 0.410 e. The predicted octanol–water partition coefficient (Wildman–Crippen LogP) is 3.12. The molecule has 0 aliphatic rings. The van der Waals surface area contributed by atoms with E-state index in [0.717, 1.165) is 35.5 Å². The molecule has 0 saturated heterocycles. The summed E-state index contributed by atoms with van der Waals surface area (Å²) in [5, 5.41) is -0.728. The van der Waals surface area contributed by atoms with Gasteiger partial charge in [-0.05, 0) is 45.0 Å².